The van der Waals surface area contributed by atoms with Crippen molar-refractivity contribution in [1.29, 1.82) is 0 Å². The van der Waals surface area contributed by atoms with E-state index in [1.54, 1.807) is 21.0 Å². The number of amides is 1. The summed E-state index contributed by atoms with van der Waals surface area (Å²) in [5.41, 5.74) is 0. The molecule has 20 heavy (non-hydrogen) atoms. The Morgan fingerprint density at radius 3 is 2.65 bits per heavy atom. The van der Waals surface area contributed by atoms with Crippen LogP contribution in [0.1, 0.15) is 20.3 Å². The summed E-state index contributed by atoms with van der Waals surface area (Å²) in [6.45, 7) is 4.87. The second-order valence-electron chi connectivity index (χ2n) is 4.29. The first kappa shape index (κ1) is 19.4. The predicted molar refractivity (Wildman–Crippen MR) is 78.6 cm³/mol. The van der Waals surface area contributed by atoms with E-state index in [0.29, 0.717) is 31.9 Å². The van der Waals surface area contributed by atoms with Crippen LogP contribution in [0, 0.1) is 5.92 Å². The van der Waals surface area contributed by atoms with Crippen molar-refractivity contribution in [2.75, 3.05) is 39.2 Å². The molecule has 118 valence electrons. The minimum Gasteiger partial charge on any atom is -0.390 e. The number of nitrogens with one attached hydrogen (secondary N) is 1. The lowest BCUT2D eigenvalue weighted by atomic mass is 10.1. The highest BCUT2D eigenvalue weighted by Crippen LogP contribution is 2.14. The minimum atomic E-state index is -0.822. The van der Waals surface area contributed by atoms with Gasteiger partial charge in [0.1, 0.15) is 0 Å². The highest BCUT2D eigenvalue weighted by atomic mass is 32.2. The molecule has 0 aliphatic heterocycles. The van der Waals surface area contributed by atoms with Gasteiger partial charge in [0, 0.05) is 25.8 Å². The van der Waals surface area contributed by atoms with Crippen molar-refractivity contribution in [2.24, 2.45) is 5.92 Å². The second-order valence-corrected chi connectivity index (χ2v) is 5.39. The zero-order valence-corrected chi connectivity index (χ0v) is 13.2. The van der Waals surface area contributed by atoms with Gasteiger partial charge in [0.15, 0.2) is 5.12 Å². The van der Waals surface area contributed by atoms with Crippen molar-refractivity contribution in [3.8, 4) is 0 Å². The predicted octanol–water partition coefficient (Wildman–Crippen LogP) is 0.432. The third-order valence-corrected chi connectivity index (χ3v) is 3.72. The van der Waals surface area contributed by atoms with Gasteiger partial charge in [-0.2, -0.15) is 0 Å². The van der Waals surface area contributed by atoms with Gasteiger partial charge in [0.05, 0.1) is 31.8 Å². The SMILES string of the molecule is CCC(=O)NCCSC(=O)[C@@H](C)C(O)COCCOC. The van der Waals surface area contributed by atoms with Crippen molar-refractivity contribution in [1.82, 2.24) is 5.32 Å². The van der Waals surface area contributed by atoms with Gasteiger partial charge in [0.25, 0.3) is 0 Å². The zero-order valence-electron chi connectivity index (χ0n) is 12.4. The fourth-order valence-corrected chi connectivity index (χ4v) is 2.07. The third-order valence-electron chi connectivity index (χ3n) is 2.66. The number of aliphatic hydroxyl groups excluding tert-OH is 1. The zero-order chi connectivity index (χ0) is 15.4. The van der Waals surface area contributed by atoms with E-state index in [0.717, 1.165) is 11.8 Å². The van der Waals surface area contributed by atoms with Gasteiger partial charge in [-0.15, -0.1) is 0 Å². The van der Waals surface area contributed by atoms with Crippen LogP contribution >= 0.6 is 11.8 Å². The number of aliphatic hydroxyl groups is 1. The highest BCUT2D eigenvalue weighted by molar-refractivity contribution is 8.13. The average molecular weight is 307 g/mol. The Labute approximate surface area is 124 Å². The van der Waals surface area contributed by atoms with E-state index >= 15 is 0 Å². The maximum atomic E-state index is 11.8. The molecule has 0 radical (unpaired) electrons. The Balaban J connectivity index is 3.75. The lowest BCUT2D eigenvalue weighted by Crippen LogP contribution is -2.30. The number of rotatable bonds is 11. The molecular formula is C13H25NO5S. The topological polar surface area (TPSA) is 84.9 Å². The average Bonchev–Trinajstić information content (AvgIpc) is 2.46. The lowest BCUT2D eigenvalue weighted by molar-refractivity contribution is -0.121. The van der Waals surface area contributed by atoms with E-state index in [2.05, 4.69) is 5.32 Å². The van der Waals surface area contributed by atoms with Gasteiger partial charge < -0.3 is 19.9 Å². The Morgan fingerprint density at radius 2 is 2.05 bits per heavy atom. The summed E-state index contributed by atoms with van der Waals surface area (Å²) in [7, 11) is 1.57. The fourth-order valence-electron chi connectivity index (χ4n) is 1.25. The molecule has 0 aliphatic carbocycles. The fraction of sp³-hybridized carbons (Fsp3) is 0.846. The number of carbonyl (C=O) groups excluding carboxylic acids is 2. The molecule has 1 unspecified atom stereocenters. The third kappa shape index (κ3) is 9.30. The Kier molecular flexibility index (Phi) is 11.8. The van der Waals surface area contributed by atoms with Crippen LogP contribution < -0.4 is 5.32 Å². The molecule has 6 nitrogen and oxygen atoms in total. The van der Waals surface area contributed by atoms with E-state index in [1.165, 1.54) is 0 Å². The van der Waals surface area contributed by atoms with Gasteiger partial charge in [0.2, 0.25) is 5.91 Å². The summed E-state index contributed by atoms with van der Waals surface area (Å²) in [5.74, 6) is -0.0197. The molecule has 0 saturated carbocycles. The Hall–Kier alpha value is -0.630. The maximum Gasteiger partial charge on any atom is 0.219 e. The van der Waals surface area contributed by atoms with E-state index in [4.69, 9.17) is 9.47 Å². The minimum absolute atomic E-state index is 0.0299. The second kappa shape index (κ2) is 12.1. The number of thioether (sulfide) groups is 1. The molecule has 0 bridgehead atoms. The molecule has 2 atom stereocenters. The molecule has 0 aliphatic rings. The van der Waals surface area contributed by atoms with Crippen LogP contribution in [0.15, 0.2) is 0 Å². The molecule has 1 amide bonds. The smallest absolute Gasteiger partial charge is 0.219 e. The van der Waals surface area contributed by atoms with Gasteiger partial charge in [-0.05, 0) is 0 Å². The van der Waals surface area contributed by atoms with Gasteiger partial charge in [-0.25, -0.2) is 0 Å². The maximum absolute atomic E-state index is 11.8. The number of hydrogen-bond donors (Lipinski definition) is 2. The molecule has 0 saturated heterocycles. The molecule has 0 spiro atoms. The van der Waals surface area contributed by atoms with Gasteiger partial charge >= 0.3 is 0 Å². The van der Waals surface area contributed by atoms with E-state index in [1.807, 2.05) is 0 Å². The molecular weight excluding hydrogens is 282 g/mol. The van der Waals surface area contributed by atoms with Crippen LogP contribution in [0.5, 0.6) is 0 Å². The quantitative estimate of drug-likeness (QED) is 0.539. The van der Waals surface area contributed by atoms with Gasteiger partial charge in [-0.3, -0.25) is 9.59 Å². The number of hydrogen-bond acceptors (Lipinski definition) is 6. The number of carbonyl (C=O) groups is 2. The van der Waals surface area contributed by atoms with Crippen molar-refractivity contribution in [3.05, 3.63) is 0 Å². The summed E-state index contributed by atoms with van der Waals surface area (Å²) >= 11 is 1.12. The molecule has 0 aromatic heterocycles. The largest absolute Gasteiger partial charge is 0.390 e. The van der Waals surface area contributed by atoms with Crippen LogP contribution in [0.25, 0.3) is 0 Å². The lowest BCUT2D eigenvalue weighted by Gasteiger charge is -2.17. The van der Waals surface area contributed by atoms with Crippen molar-refractivity contribution >= 4 is 22.8 Å². The summed E-state index contributed by atoms with van der Waals surface area (Å²) in [4.78, 5) is 22.8. The number of ether oxygens (including phenoxy) is 2. The molecule has 0 fully saturated rings. The van der Waals surface area contributed by atoms with Crippen LogP contribution in [-0.4, -0.2) is 61.5 Å². The van der Waals surface area contributed by atoms with Crippen LogP contribution in [0.3, 0.4) is 0 Å². The van der Waals surface area contributed by atoms with Gasteiger partial charge in [-0.1, -0.05) is 25.6 Å². The summed E-state index contributed by atoms with van der Waals surface area (Å²) < 4.78 is 10.00. The number of methoxy groups -OCH3 is 1. The molecule has 0 aromatic carbocycles. The molecule has 0 rings (SSSR count). The molecule has 7 heteroatoms. The van der Waals surface area contributed by atoms with Crippen LogP contribution in [0.2, 0.25) is 0 Å². The van der Waals surface area contributed by atoms with E-state index < -0.39 is 12.0 Å². The normalized spacial score (nSPS) is 13.8. The summed E-state index contributed by atoms with van der Waals surface area (Å²) in [6, 6.07) is 0. The van der Waals surface area contributed by atoms with Crippen molar-refractivity contribution in [2.45, 2.75) is 26.4 Å². The first-order valence-corrected chi connectivity index (χ1v) is 7.69. The Morgan fingerprint density at radius 1 is 1.35 bits per heavy atom. The molecule has 0 aromatic rings. The van der Waals surface area contributed by atoms with Crippen molar-refractivity contribution in [3.63, 3.8) is 0 Å². The highest BCUT2D eigenvalue weighted by Gasteiger charge is 2.22. The van der Waals surface area contributed by atoms with E-state index in [9.17, 15) is 14.7 Å². The first-order chi connectivity index (χ1) is 9.52. The van der Waals surface area contributed by atoms with E-state index in [-0.39, 0.29) is 17.6 Å². The standard InChI is InChI=1S/C13H25NO5S/c1-4-12(16)14-5-8-20-13(17)10(2)11(15)9-19-7-6-18-3/h10-11,15H,4-9H2,1-3H3,(H,14,16)/t10-,11?/m0/s1. The summed E-state index contributed by atoms with van der Waals surface area (Å²) in [6.07, 6.45) is -0.385. The Bertz CT molecular complexity index is 288. The van der Waals surface area contributed by atoms with Crippen LogP contribution in [-0.2, 0) is 19.1 Å². The van der Waals surface area contributed by atoms with Crippen LogP contribution in [0.4, 0.5) is 0 Å². The first-order valence-electron chi connectivity index (χ1n) is 6.71. The molecule has 2 N–H and O–H groups in total. The molecule has 0 heterocycles. The summed E-state index contributed by atoms with van der Waals surface area (Å²) in [5, 5.41) is 12.4. The monoisotopic (exact) mass is 307 g/mol. The van der Waals surface area contributed by atoms with Crippen molar-refractivity contribution < 1.29 is 24.2 Å².